The van der Waals surface area contributed by atoms with Crippen LogP contribution in [0.1, 0.15) is 0 Å². The van der Waals surface area contributed by atoms with Crippen molar-refractivity contribution < 1.29 is 9.47 Å². The minimum absolute atomic E-state index is 0.878. The van der Waals surface area contributed by atoms with E-state index in [1.165, 1.54) is 0 Å². The van der Waals surface area contributed by atoms with Crippen LogP contribution < -0.4 is 0 Å². The van der Waals surface area contributed by atoms with Gasteiger partial charge in [0.2, 0.25) is 0 Å². The monoisotopic (exact) mass is 548 g/mol. The maximum Gasteiger partial charge on any atom is 0.147 e. The molecule has 0 aromatic heterocycles. The Morgan fingerprint density at radius 1 is 0.471 bits per heavy atom. The van der Waals surface area contributed by atoms with Crippen LogP contribution in [0.5, 0.6) is 0 Å². The third kappa shape index (κ3) is 8.97. The Balaban J connectivity index is 1.05. The zero-order valence-electron chi connectivity index (χ0n) is 20.3. The fourth-order valence-electron chi connectivity index (χ4n) is 4.70. The van der Waals surface area contributed by atoms with Crippen molar-refractivity contribution in [1.29, 1.82) is 0 Å². The van der Waals surface area contributed by atoms with Crippen molar-refractivity contribution >= 4 is 54.7 Å². The highest BCUT2D eigenvalue weighted by atomic mass is 33.1. The molecule has 4 aliphatic rings. The van der Waals surface area contributed by atoms with Crippen molar-refractivity contribution in [2.45, 2.75) is 0 Å². The summed E-state index contributed by atoms with van der Waals surface area (Å²) in [4.78, 5) is 14.9. The molecule has 0 spiro atoms. The molecule has 0 radical (unpaired) electrons. The Hall–Kier alpha value is 0.240. The Morgan fingerprint density at radius 3 is 1.09 bits per heavy atom. The minimum atomic E-state index is 0.878. The smallest absolute Gasteiger partial charge is 0.147 e. The summed E-state index contributed by atoms with van der Waals surface area (Å²) in [6.45, 7) is 20.8. The average Bonchev–Trinajstić information content (AvgIpc) is 2.91. The average molecular weight is 549 g/mol. The van der Waals surface area contributed by atoms with E-state index in [0.717, 1.165) is 140 Å². The lowest BCUT2D eigenvalue weighted by atomic mass is 10.3. The summed E-state index contributed by atoms with van der Waals surface area (Å²) >= 11 is 11.5. The van der Waals surface area contributed by atoms with Crippen LogP contribution in [0.3, 0.4) is 0 Å². The first-order valence-corrected chi connectivity index (χ1v) is 15.6. The maximum atomic E-state index is 5.74. The van der Waals surface area contributed by atoms with E-state index in [0.29, 0.717) is 0 Å². The number of thiocarbonyl (C=S) groups is 2. The van der Waals surface area contributed by atoms with Crippen LogP contribution in [0.2, 0.25) is 0 Å². The highest BCUT2D eigenvalue weighted by Crippen LogP contribution is 2.29. The molecular formula is C22H40N6O2S4. The second kappa shape index (κ2) is 14.8. The Morgan fingerprint density at radius 2 is 0.765 bits per heavy atom. The van der Waals surface area contributed by atoms with Crippen molar-refractivity contribution in [3.63, 3.8) is 0 Å². The number of hydrogen-bond donors (Lipinski definition) is 0. The van der Waals surface area contributed by atoms with Crippen molar-refractivity contribution in [1.82, 2.24) is 29.4 Å². The number of ether oxygens (including phenoxy) is 2. The highest BCUT2D eigenvalue weighted by Gasteiger charge is 2.23. The van der Waals surface area contributed by atoms with Crippen LogP contribution in [-0.2, 0) is 9.47 Å². The summed E-state index contributed by atoms with van der Waals surface area (Å²) in [6, 6.07) is 0. The molecule has 0 N–H and O–H groups in total. The van der Waals surface area contributed by atoms with Gasteiger partial charge in [-0.25, -0.2) is 0 Å². The number of nitrogens with zero attached hydrogens (tertiary/aromatic N) is 6. The van der Waals surface area contributed by atoms with E-state index in [4.69, 9.17) is 33.9 Å². The van der Waals surface area contributed by atoms with Gasteiger partial charge in [-0.3, -0.25) is 19.6 Å². The van der Waals surface area contributed by atoms with Crippen molar-refractivity contribution in [2.75, 3.05) is 131 Å². The predicted molar refractivity (Wildman–Crippen MR) is 151 cm³/mol. The lowest BCUT2D eigenvalue weighted by molar-refractivity contribution is 0.0315. The van der Waals surface area contributed by atoms with Crippen LogP contribution in [-0.4, -0.2) is 169 Å². The van der Waals surface area contributed by atoms with E-state index < -0.39 is 0 Å². The second-order valence-corrected chi connectivity index (χ2v) is 12.7. The summed E-state index contributed by atoms with van der Waals surface area (Å²) in [5.74, 6) is 0. The molecule has 0 atom stereocenters. The highest BCUT2D eigenvalue weighted by molar-refractivity contribution is 8.89. The van der Waals surface area contributed by atoms with Crippen LogP contribution in [0.25, 0.3) is 0 Å². The van der Waals surface area contributed by atoms with Gasteiger partial charge in [0.15, 0.2) is 0 Å². The van der Waals surface area contributed by atoms with Gasteiger partial charge in [0.1, 0.15) is 8.64 Å². The molecule has 194 valence electrons. The van der Waals surface area contributed by atoms with Gasteiger partial charge in [-0.05, 0) is 21.6 Å². The molecule has 12 heteroatoms. The van der Waals surface area contributed by atoms with E-state index in [9.17, 15) is 0 Å². The molecule has 34 heavy (non-hydrogen) atoms. The maximum absolute atomic E-state index is 5.74. The van der Waals surface area contributed by atoms with Crippen LogP contribution in [0.15, 0.2) is 0 Å². The Kier molecular flexibility index (Phi) is 11.9. The molecule has 0 aliphatic carbocycles. The largest absolute Gasteiger partial charge is 0.379 e. The number of piperazine rings is 2. The fraction of sp³-hybridized carbons (Fsp3) is 0.909. The van der Waals surface area contributed by atoms with E-state index in [1.54, 1.807) is 21.6 Å². The van der Waals surface area contributed by atoms with Gasteiger partial charge in [0, 0.05) is 105 Å². The van der Waals surface area contributed by atoms with Crippen molar-refractivity contribution in [3.8, 4) is 0 Å². The molecule has 0 bridgehead atoms. The molecular weight excluding hydrogens is 509 g/mol. The van der Waals surface area contributed by atoms with Gasteiger partial charge >= 0.3 is 0 Å². The zero-order valence-corrected chi connectivity index (χ0v) is 23.5. The van der Waals surface area contributed by atoms with Crippen LogP contribution in [0.4, 0.5) is 0 Å². The zero-order chi connectivity index (χ0) is 23.6. The first-order valence-electron chi connectivity index (χ1n) is 12.6. The summed E-state index contributed by atoms with van der Waals surface area (Å²) < 4.78 is 12.8. The van der Waals surface area contributed by atoms with Crippen LogP contribution >= 0.6 is 46.0 Å². The van der Waals surface area contributed by atoms with E-state index in [2.05, 4.69) is 29.4 Å². The third-order valence-electron chi connectivity index (χ3n) is 7.12. The molecule has 4 heterocycles. The molecule has 8 nitrogen and oxygen atoms in total. The molecule has 4 rings (SSSR count). The number of rotatable bonds is 6. The van der Waals surface area contributed by atoms with E-state index in [1.807, 2.05) is 0 Å². The van der Waals surface area contributed by atoms with Gasteiger partial charge in [0.05, 0.1) is 26.4 Å². The van der Waals surface area contributed by atoms with Gasteiger partial charge < -0.3 is 19.3 Å². The topological polar surface area (TPSA) is 37.9 Å². The van der Waals surface area contributed by atoms with E-state index in [-0.39, 0.29) is 0 Å². The Bertz CT molecular complexity index is 581. The first kappa shape index (κ1) is 27.3. The fourth-order valence-corrected chi connectivity index (χ4v) is 7.46. The summed E-state index contributed by atoms with van der Waals surface area (Å²) in [6.07, 6.45) is 0. The number of hydrogen-bond acceptors (Lipinski definition) is 10. The second-order valence-electron chi connectivity index (χ2n) is 9.26. The first-order chi connectivity index (χ1) is 16.7. The van der Waals surface area contributed by atoms with Crippen LogP contribution in [0, 0.1) is 0 Å². The molecule has 0 amide bonds. The quantitative estimate of drug-likeness (QED) is 0.349. The molecule has 0 saturated carbocycles. The summed E-state index contributed by atoms with van der Waals surface area (Å²) in [5, 5.41) is 0. The summed E-state index contributed by atoms with van der Waals surface area (Å²) in [5.41, 5.74) is 0. The Labute approximate surface area is 224 Å². The van der Waals surface area contributed by atoms with E-state index >= 15 is 0 Å². The standard InChI is InChI=1S/C22H40N6O2S4/c31-21(27-9-5-23(6-10-27)1-3-25-13-17-29-18-14-25)33-34-22(32)28-11-7-24(8-12-28)2-4-26-15-19-30-20-16-26/h1-20H2. The number of morpholine rings is 2. The minimum Gasteiger partial charge on any atom is -0.379 e. The predicted octanol–water partition coefficient (Wildman–Crippen LogP) is 0.837. The van der Waals surface area contributed by atoms with Gasteiger partial charge in [0.25, 0.3) is 0 Å². The van der Waals surface area contributed by atoms with Gasteiger partial charge in [-0.1, -0.05) is 24.4 Å². The SMILES string of the molecule is S=C(SSC(=S)N1CCN(CCN2CCOCC2)CC1)N1CCN(CCN2CCOCC2)CC1. The molecule has 4 fully saturated rings. The van der Waals surface area contributed by atoms with Gasteiger partial charge in [-0.15, -0.1) is 0 Å². The normalized spacial score (nSPS) is 24.5. The molecule has 0 aromatic carbocycles. The lowest BCUT2D eigenvalue weighted by Crippen LogP contribution is -2.50. The van der Waals surface area contributed by atoms with Gasteiger partial charge in [-0.2, -0.15) is 0 Å². The summed E-state index contributed by atoms with van der Waals surface area (Å²) in [7, 11) is 3.34. The lowest BCUT2D eigenvalue weighted by Gasteiger charge is -2.38. The van der Waals surface area contributed by atoms with Crippen molar-refractivity contribution in [2.24, 2.45) is 0 Å². The molecule has 4 aliphatic heterocycles. The third-order valence-corrected chi connectivity index (χ3v) is 10.8. The molecule has 0 aromatic rings. The van der Waals surface area contributed by atoms with Crippen molar-refractivity contribution in [3.05, 3.63) is 0 Å². The molecule has 4 saturated heterocycles. The molecule has 0 unspecified atom stereocenters.